The van der Waals surface area contributed by atoms with Crippen molar-refractivity contribution in [3.8, 4) is 0 Å². The largest absolute Gasteiger partial charge is 0.345 e. The van der Waals surface area contributed by atoms with E-state index in [1.54, 1.807) is 0 Å². The van der Waals surface area contributed by atoms with Gasteiger partial charge in [-0.2, -0.15) is 0 Å². The summed E-state index contributed by atoms with van der Waals surface area (Å²) in [4.78, 5) is 2.94. The lowest BCUT2D eigenvalue weighted by atomic mass is 10.3. The molecule has 2 heterocycles. The summed E-state index contributed by atoms with van der Waals surface area (Å²) in [6.07, 6.45) is 6.04. The van der Waals surface area contributed by atoms with Gasteiger partial charge in [0, 0.05) is 34.2 Å². The minimum absolute atomic E-state index is 0.779. The molecule has 1 aliphatic carbocycles. The van der Waals surface area contributed by atoms with Gasteiger partial charge in [-0.05, 0) is 43.5 Å². The molecule has 0 radical (unpaired) electrons. The first kappa shape index (κ1) is 12.0. The maximum absolute atomic E-state index is 3.58. The molecule has 96 valence electrons. The van der Waals surface area contributed by atoms with Crippen molar-refractivity contribution in [2.24, 2.45) is 0 Å². The van der Waals surface area contributed by atoms with Crippen LogP contribution < -0.4 is 5.32 Å². The molecule has 2 nitrogen and oxygen atoms in total. The second-order valence-corrected chi connectivity index (χ2v) is 6.26. The molecule has 0 aromatic carbocycles. The number of rotatable bonds is 6. The predicted molar refractivity (Wildman–Crippen MR) is 77.1 cm³/mol. The van der Waals surface area contributed by atoms with Gasteiger partial charge in [-0.25, -0.2) is 0 Å². The maximum Gasteiger partial charge on any atom is 0.0566 e. The van der Waals surface area contributed by atoms with Crippen molar-refractivity contribution in [3.05, 3.63) is 45.9 Å². The first-order chi connectivity index (χ1) is 8.85. The summed E-state index contributed by atoms with van der Waals surface area (Å²) in [7, 11) is 0. The molecule has 0 bridgehead atoms. The maximum atomic E-state index is 3.58. The zero-order valence-corrected chi connectivity index (χ0v) is 11.7. The van der Waals surface area contributed by atoms with E-state index >= 15 is 0 Å². The lowest BCUT2D eigenvalue weighted by Gasteiger charge is -2.08. The normalized spacial score (nSPS) is 15.2. The standard InChI is InChI=1S/C15H20N2S/c1-2-14-7-8-15(18-14)11-17-9-3-4-13(17)10-16-12-5-6-12/h3-4,7-9,12,16H,2,5-6,10-11H2,1H3. The first-order valence-corrected chi connectivity index (χ1v) is 7.62. The van der Waals surface area contributed by atoms with Crippen LogP contribution in [0.25, 0.3) is 0 Å². The van der Waals surface area contributed by atoms with E-state index in [-0.39, 0.29) is 0 Å². The summed E-state index contributed by atoms with van der Waals surface area (Å²) in [6, 6.07) is 9.68. The number of hydrogen-bond donors (Lipinski definition) is 1. The van der Waals surface area contributed by atoms with Crippen molar-refractivity contribution in [1.82, 2.24) is 9.88 Å². The van der Waals surface area contributed by atoms with Crippen molar-refractivity contribution < 1.29 is 0 Å². The predicted octanol–water partition coefficient (Wildman–Crippen LogP) is 3.41. The van der Waals surface area contributed by atoms with Crippen LogP contribution >= 0.6 is 11.3 Å². The van der Waals surface area contributed by atoms with E-state index in [4.69, 9.17) is 0 Å². The van der Waals surface area contributed by atoms with Crippen LogP contribution in [-0.4, -0.2) is 10.6 Å². The average Bonchev–Trinajstić information content (AvgIpc) is 2.93. The molecular formula is C15H20N2S. The second-order valence-electron chi connectivity index (χ2n) is 5.00. The summed E-state index contributed by atoms with van der Waals surface area (Å²) < 4.78 is 2.36. The zero-order valence-electron chi connectivity index (χ0n) is 10.9. The van der Waals surface area contributed by atoms with E-state index < -0.39 is 0 Å². The van der Waals surface area contributed by atoms with Crippen LogP contribution in [0.5, 0.6) is 0 Å². The van der Waals surface area contributed by atoms with E-state index in [1.165, 1.54) is 28.3 Å². The molecular weight excluding hydrogens is 240 g/mol. The molecule has 0 amide bonds. The average molecular weight is 260 g/mol. The first-order valence-electron chi connectivity index (χ1n) is 6.80. The Morgan fingerprint density at radius 3 is 2.83 bits per heavy atom. The van der Waals surface area contributed by atoms with Gasteiger partial charge in [0.1, 0.15) is 0 Å². The molecule has 1 saturated carbocycles. The molecule has 18 heavy (non-hydrogen) atoms. The summed E-state index contributed by atoms with van der Waals surface area (Å²) >= 11 is 1.94. The lowest BCUT2D eigenvalue weighted by molar-refractivity contribution is 0.636. The van der Waals surface area contributed by atoms with Gasteiger partial charge in [0.25, 0.3) is 0 Å². The highest BCUT2D eigenvalue weighted by Crippen LogP contribution is 2.21. The van der Waals surface area contributed by atoms with Crippen LogP contribution in [-0.2, 0) is 19.5 Å². The summed E-state index contributed by atoms with van der Waals surface area (Å²) in [5.41, 5.74) is 1.40. The number of aryl methyl sites for hydroxylation is 1. The van der Waals surface area contributed by atoms with Gasteiger partial charge in [0.05, 0.1) is 6.54 Å². The van der Waals surface area contributed by atoms with Gasteiger partial charge < -0.3 is 9.88 Å². The summed E-state index contributed by atoms with van der Waals surface area (Å²) in [5.74, 6) is 0. The Balaban J connectivity index is 1.65. The van der Waals surface area contributed by atoms with Crippen molar-refractivity contribution in [3.63, 3.8) is 0 Å². The van der Waals surface area contributed by atoms with E-state index in [9.17, 15) is 0 Å². The Morgan fingerprint density at radius 2 is 2.11 bits per heavy atom. The highest BCUT2D eigenvalue weighted by Gasteiger charge is 2.20. The molecule has 0 aliphatic heterocycles. The minimum Gasteiger partial charge on any atom is -0.345 e. The topological polar surface area (TPSA) is 17.0 Å². The number of thiophene rings is 1. The van der Waals surface area contributed by atoms with E-state index in [2.05, 4.69) is 47.3 Å². The van der Waals surface area contributed by atoms with E-state index in [0.717, 1.165) is 25.6 Å². The third-order valence-electron chi connectivity index (χ3n) is 3.46. The lowest BCUT2D eigenvalue weighted by Crippen LogP contribution is -2.18. The van der Waals surface area contributed by atoms with Gasteiger partial charge in [0.15, 0.2) is 0 Å². The SMILES string of the molecule is CCc1ccc(Cn2cccc2CNC2CC2)s1. The fourth-order valence-electron chi connectivity index (χ4n) is 2.17. The van der Waals surface area contributed by atoms with Gasteiger partial charge in [-0.1, -0.05) is 6.92 Å². The number of aromatic nitrogens is 1. The molecule has 0 saturated heterocycles. The molecule has 0 spiro atoms. The van der Waals surface area contributed by atoms with Crippen LogP contribution in [0.1, 0.15) is 35.2 Å². The van der Waals surface area contributed by atoms with Gasteiger partial charge in [-0.3, -0.25) is 0 Å². The Morgan fingerprint density at radius 1 is 1.28 bits per heavy atom. The van der Waals surface area contributed by atoms with Crippen LogP contribution in [0.15, 0.2) is 30.5 Å². The fraction of sp³-hybridized carbons (Fsp3) is 0.467. The molecule has 2 aromatic heterocycles. The molecule has 0 unspecified atom stereocenters. The number of nitrogens with zero attached hydrogens (tertiary/aromatic N) is 1. The molecule has 0 atom stereocenters. The third kappa shape index (κ3) is 2.85. The van der Waals surface area contributed by atoms with Gasteiger partial charge >= 0.3 is 0 Å². The number of hydrogen-bond acceptors (Lipinski definition) is 2. The molecule has 1 aliphatic rings. The highest BCUT2D eigenvalue weighted by atomic mass is 32.1. The Kier molecular flexibility index (Phi) is 3.52. The van der Waals surface area contributed by atoms with Crippen LogP contribution in [0.2, 0.25) is 0 Å². The van der Waals surface area contributed by atoms with Gasteiger partial charge in [0.2, 0.25) is 0 Å². The van der Waals surface area contributed by atoms with Crippen molar-refractivity contribution in [2.45, 2.75) is 45.3 Å². The van der Waals surface area contributed by atoms with E-state index in [1.807, 2.05) is 11.3 Å². The Bertz CT molecular complexity index is 508. The van der Waals surface area contributed by atoms with Crippen molar-refractivity contribution in [1.29, 1.82) is 0 Å². The van der Waals surface area contributed by atoms with Crippen molar-refractivity contribution in [2.75, 3.05) is 0 Å². The third-order valence-corrected chi connectivity index (χ3v) is 4.68. The second kappa shape index (κ2) is 5.29. The summed E-state index contributed by atoms with van der Waals surface area (Å²) in [5, 5.41) is 3.58. The van der Waals surface area contributed by atoms with Crippen LogP contribution in [0.4, 0.5) is 0 Å². The van der Waals surface area contributed by atoms with Gasteiger partial charge in [-0.15, -0.1) is 11.3 Å². The molecule has 1 N–H and O–H groups in total. The Hall–Kier alpha value is -1.06. The monoisotopic (exact) mass is 260 g/mol. The summed E-state index contributed by atoms with van der Waals surface area (Å²) in [6.45, 7) is 4.24. The van der Waals surface area contributed by atoms with Crippen molar-refractivity contribution >= 4 is 11.3 Å². The minimum atomic E-state index is 0.779. The zero-order chi connectivity index (χ0) is 12.4. The molecule has 3 rings (SSSR count). The molecule has 1 fully saturated rings. The quantitative estimate of drug-likeness (QED) is 0.842. The molecule has 2 aromatic rings. The van der Waals surface area contributed by atoms with Crippen LogP contribution in [0, 0.1) is 0 Å². The van der Waals surface area contributed by atoms with E-state index in [0.29, 0.717) is 0 Å². The Labute approximate surface area is 113 Å². The van der Waals surface area contributed by atoms with Crippen LogP contribution in [0.3, 0.4) is 0 Å². The molecule has 3 heteroatoms. The highest BCUT2D eigenvalue weighted by molar-refractivity contribution is 7.11. The smallest absolute Gasteiger partial charge is 0.0566 e. The fourth-order valence-corrected chi connectivity index (χ4v) is 3.12. The number of nitrogens with one attached hydrogen (secondary N) is 1.